The Labute approximate surface area is 154 Å². The average Bonchev–Trinajstić information content (AvgIpc) is 3.10. The number of sulfonamides is 1. The second-order valence-electron chi connectivity index (χ2n) is 6.16. The maximum atomic E-state index is 13.0. The van der Waals surface area contributed by atoms with Gasteiger partial charge >= 0.3 is 5.97 Å². The Kier molecular flexibility index (Phi) is 5.21. The summed E-state index contributed by atoms with van der Waals surface area (Å²) in [5, 5.41) is 11.3. The van der Waals surface area contributed by atoms with E-state index in [0.29, 0.717) is 30.4 Å². The molecule has 1 saturated heterocycles. The molecular formula is C15H18N4O5S2. The highest BCUT2D eigenvalue weighted by molar-refractivity contribution is 7.89. The second kappa shape index (κ2) is 7.25. The molecular weight excluding hydrogens is 380 g/mol. The lowest BCUT2D eigenvalue weighted by Crippen LogP contribution is -2.48. The number of benzene rings is 1. The van der Waals surface area contributed by atoms with Crippen molar-refractivity contribution in [1.82, 2.24) is 18.4 Å². The van der Waals surface area contributed by atoms with Crippen molar-refractivity contribution in [3.05, 3.63) is 18.2 Å². The Morgan fingerprint density at radius 2 is 2.15 bits per heavy atom. The molecule has 0 bridgehead atoms. The van der Waals surface area contributed by atoms with E-state index in [1.807, 2.05) is 0 Å². The number of rotatable bonds is 5. The number of aromatic nitrogens is 2. The zero-order valence-electron chi connectivity index (χ0n) is 14.0. The second-order valence-corrected chi connectivity index (χ2v) is 8.59. The average molecular weight is 398 g/mol. The summed E-state index contributed by atoms with van der Waals surface area (Å²) in [7, 11) is -3.83. The van der Waals surface area contributed by atoms with Crippen LogP contribution >= 0.6 is 11.7 Å². The van der Waals surface area contributed by atoms with Gasteiger partial charge in [0.2, 0.25) is 15.9 Å². The fraction of sp³-hybridized carbons (Fsp3) is 0.467. The molecule has 0 aliphatic carbocycles. The van der Waals surface area contributed by atoms with Gasteiger partial charge < -0.3 is 10.4 Å². The third-order valence-electron chi connectivity index (χ3n) is 4.35. The zero-order valence-corrected chi connectivity index (χ0v) is 15.6. The van der Waals surface area contributed by atoms with Crippen LogP contribution in [0.4, 0.5) is 0 Å². The smallest absolute Gasteiger partial charge is 0.325 e. The van der Waals surface area contributed by atoms with Crippen molar-refractivity contribution in [3.63, 3.8) is 0 Å². The van der Waals surface area contributed by atoms with Gasteiger partial charge in [0, 0.05) is 13.1 Å². The van der Waals surface area contributed by atoms with Gasteiger partial charge in [-0.3, -0.25) is 9.59 Å². The number of hydrogen-bond donors (Lipinski definition) is 2. The number of nitrogens with one attached hydrogen (secondary N) is 1. The van der Waals surface area contributed by atoms with Crippen LogP contribution in [0.3, 0.4) is 0 Å². The lowest BCUT2D eigenvalue weighted by atomic mass is 9.98. The molecule has 1 fully saturated rings. The van der Waals surface area contributed by atoms with E-state index in [-0.39, 0.29) is 11.4 Å². The van der Waals surface area contributed by atoms with Gasteiger partial charge in [-0.25, -0.2) is 8.42 Å². The molecule has 26 heavy (non-hydrogen) atoms. The molecule has 2 atom stereocenters. The summed E-state index contributed by atoms with van der Waals surface area (Å²) in [6.45, 7) is 1.68. The highest BCUT2D eigenvalue weighted by Crippen LogP contribution is 2.28. The SMILES string of the molecule is C[C@H](NC(=O)[C@H]1CCCN(S(=O)(=O)c2cccc3nsnc23)C1)C(=O)O. The van der Waals surface area contributed by atoms with Gasteiger partial charge in [-0.1, -0.05) is 6.07 Å². The largest absolute Gasteiger partial charge is 0.480 e. The number of fused-ring (bicyclic) bond motifs is 1. The zero-order chi connectivity index (χ0) is 18.9. The van der Waals surface area contributed by atoms with E-state index >= 15 is 0 Å². The number of hydrogen-bond acceptors (Lipinski definition) is 7. The molecule has 1 aromatic carbocycles. The van der Waals surface area contributed by atoms with Crippen LogP contribution in [0.25, 0.3) is 11.0 Å². The molecule has 1 amide bonds. The van der Waals surface area contributed by atoms with Crippen LogP contribution in [-0.4, -0.2) is 57.6 Å². The molecule has 1 aromatic heterocycles. The topological polar surface area (TPSA) is 130 Å². The van der Waals surface area contributed by atoms with Crippen LogP contribution < -0.4 is 5.32 Å². The minimum Gasteiger partial charge on any atom is -0.480 e. The van der Waals surface area contributed by atoms with E-state index in [1.54, 1.807) is 12.1 Å². The molecule has 2 heterocycles. The molecule has 9 nitrogen and oxygen atoms in total. The van der Waals surface area contributed by atoms with Crippen LogP contribution in [-0.2, 0) is 19.6 Å². The van der Waals surface area contributed by atoms with Crippen molar-refractivity contribution in [3.8, 4) is 0 Å². The van der Waals surface area contributed by atoms with E-state index in [9.17, 15) is 18.0 Å². The molecule has 3 rings (SSSR count). The standard InChI is InChI=1S/C15H18N4O5S2/c1-9(15(21)22)16-14(20)10-4-3-7-19(8-10)26(23,24)12-6-2-5-11-13(12)18-25-17-11/h2,5-6,9-10H,3-4,7-8H2,1H3,(H,16,20)(H,21,22)/t9-,10-/m0/s1. The summed E-state index contributed by atoms with van der Waals surface area (Å²) >= 11 is 0.942. The van der Waals surface area contributed by atoms with Crippen LogP contribution in [0.2, 0.25) is 0 Å². The number of nitrogens with zero attached hydrogens (tertiary/aromatic N) is 3. The summed E-state index contributed by atoms with van der Waals surface area (Å²) in [4.78, 5) is 23.2. The Balaban J connectivity index is 1.81. The maximum absolute atomic E-state index is 13.0. The normalized spacial score (nSPS) is 20.0. The van der Waals surface area contributed by atoms with Crippen LogP contribution in [0, 0.1) is 5.92 Å². The quantitative estimate of drug-likeness (QED) is 0.757. The highest BCUT2D eigenvalue weighted by atomic mass is 32.2. The maximum Gasteiger partial charge on any atom is 0.325 e. The minimum absolute atomic E-state index is 0.00839. The van der Waals surface area contributed by atoms with Crippen LogP contribution in [0.15, 0.2) is 23.1 Å². The first-order valence-corrected chi connectivity index (χ1v) is 10.2. The number of piperidine rings is 1. The Hall–Kier alpha value is -2.11. The molecule has 11 heteroatoms. The van der Waals surface area contributed by atoms with E-state index in [1.165, 1.54) is 17.3 Å². The fourth-order valence-electron chi connectivity index (χ4n) is 2.90. The van der Waals surface area contributed by atoms with E-state index in [2.05, 4.69) is 14.1 Å². The summed E-state index contributed by atoms with van der Waals surface area (Å²) < 4.78 is 35.5. The van der Waals surface area contributed by atoms with Crippen molar-refractivity contribution in [2.75, 3.05) is 13.1 Å². The number of aliphatic carboxylic acids is 1. The van der Waals surface area contributed by atoms with Crippen LogP contribution in [0.5, 0.6) is 0 Å². The van der Waals surface area contributed by atoms with Gasteiger partial charge in [0.25, 0.3) is 0 Å². The lowest BCUT2D eigenvalue weighted by molar-refractivity contribution is -0.142. The predicted molar refractivity (Wildman–Crippen MR) is 94.1 cm³/mol. The monoisotopic (exact) mass is 398 g/mol. The number of carbonyl (C=O) groups is 2. The molecule has 2 N–H and O–H groups in total. The third-order valence-corrected chi connectivity index (χ3v) is 6.79. The van der Waals surface area contributed by atoms with Gasteiger partial charge in [-0.05, 0) is 31.9 Å². The Morgan fingerprint density at radius 1 is 1.38 bits per heavy atom. The van der Waals surface area contributed by atoms with Crippen molar-refractivity contribution in [1.29, 1.82) is 0 Å². The van der Waals surface area contributed by atoms with Gasteiger partial charge in [0.15, 0.2) is 0 Å². The van der Waals surface area contributed by atoms with E-state index in [4.69, 9.17) is 5.11 Å². The first kappa shape index (κ1) is 18.7. The number of carbonyl (C=O) groups excluding carboxylic acids is 1. The van der Waals surface area contributed by atoms with Crippen molar-refractivity contribution >= 4 is 44.7 Å². The first-order chi connectivity index (χ1) is 12.3. The number of carboxylic acid groups (broad SMARTS) is 1. The van der Waals surface area contributed by atoms with Crippen molar-refractivity contribution in [2.24, 2.45) is 5.92 Å². The van der Waals surface area contributed by atoms with E-state index in [0.717, 1.165) is 11.7 Å². The van der Waals surface area contributed by atoms with Gasteiger partial charge in [-0.2, -0.15) is 13.1 Å². The highest BCUT2D eigenvalue weighted by Gasteiger charge is 2.35. The predicted octanol–water partition coefficient (Wildman–Crippen LogP) is 0.681. The molecule has 0 unspecified atom stereocenters. The van der Waals surface area contributed by atoms with E-state index < -0.39 is 33.9 Å². The molecule has 2 aromatic rings. The first-order valence-electron chi connectivity index (χ1n) is 8.05. The summed E-state index contributed by atoms with van der Waals surface area (Å²) in [6, 6.07) is 3.76. The fourth-order valence-corrected chi connectivity index (χ4v) is 5.17. The molecule has 140 valence electrons. The van der Waals surface area contributed by atoms with Gasteiger partial charge in [0.1, 0.15) is 22.0 Å². The molecule has 1 aliphatic heterocycles. The lowest BCUT2D eigenvalue weighted by Gasteiger charge is -2.31. The van der Waals surface area contributed by atoms with Crippen LogP contribution in [0.1, 0.15) is 19.8 Å². The Morgan fingerprint density at radius 3 is 2.88 bits per heavy atom. The molecule has 1 aliphatic rings. The summed E-state index contributed by atoms with van der Waals surface area (Å²) in [5.74, 6) is -2.18. The summed E-state index contributed by atoms with van der Waals surface area (Å²) in [5.41, 5.74) is 0.834. The summed E-state index contributed by atoms with van der Waals surface area (Å²) in [6.07, 6.45) is 1.02. The molecule has 0 radical (unpaired) electrons. The number of amides is 1. The molecule has 0 spiro atoms. The Bertz CT molecular complexity index is 942. The number of carboxylic acids is 1. The van der Waals surface area contributed by atoms with Gasteiger partial charge in [-0.15, -0.1) is 0 Å². The van der Waals surface area contributed by atoms with Gasteiger partial charge in [0.05, 0.1) is 17.6 Å². The van der Waals surface area contributed by atoms with Crippen molar-refractivity contribution in [2.45, 2.75) is 30.7 Å². The third kappa shape index (κ3) is 3.55. The minimum atomic E-state index is -3.83. The van der Waals surface area contributed by atoms with Crippen molar-refractivity contribution < 1.29 is 23.1 Å². The molecule has 0 saturated carbocycles.